The van der Waals surface area contributed by atoms with Gasteiger partial charge in [-0.15, -0.1) is 0 Å². The molecule has 0 N–H and O–H groups in total. The highest BCUT2D eigenvalue weighted by atomic mass is 79.9. The van der Waals surface area contributed by atoms with Crippen LogP contribution in [0.15, 0.2) is 59.6 Å². The third kappa shape index (κ3) is 3.23. The molecule has 0 aliphatic rings. The van der Waals surface area contributed by atoms with Crippen molar-refractivity contribution in [2.24, 2.45) is 0 Å². The average molecular weight is 303 g/mol. The van der Waals surface area contributed by atoms with E-state index in [4.69, 9.17) is 4.74 Å². The summed E-state index contributed by atoms with van der Waals surface area (Å²) < 4.78 is 6.89. The van der Waals surface area contributed by atoms with Gasteiger partial charge >= 0.3 is 0 Å². The molecule has 0 atom stereocenters. The average Bonchev–Trinajstić information content (AvgIpc) is 2.38. The topological polar surface area (TPSA) is 9.23 Å². The molecule has 0 aliphatic heterocycles. The van der Waals surface area contributed by atoms with Gasteiger partial charge < -0.3 is 4.74 Å². The fourth-order valence-corrected chi connectivity index (χ4v) is 2.06. The Labute approximate surface area is 116 Å². The maximum Gasteiger partial charge on any atom is 0.127 e. The number of hydrogen-bond acceptors (Lipinski definition) is 1. The standard InChI is InChI=1S/C16H15BrO/c1-12(2)15-10-14(17)8-9-16(15)18-11-13-6-4-3-5-7-13/h3-10H,1,11H2,2H3. The number of benzene rings is 2. The molecule has 0 spiro atoms. The summed E-state index contributed by atoms with van der Waals surface area (Å²) in [4.78, 5) is 0. The summed E-state index contributed by atoms with van der Waals surface area (Å²) in [7, 11) is 0. The number of rotatable bonds is 4. The van der Waals surface area contributed by atoms with Crippen LogP contribution in [0.1, 0.15) is 18.1 Å². The van der Waals surface area contributed by atoms with Crippen molar-refractivity contribution in [2.75, 3.05) is 0 Å². The minimum absolute atomic E-state index is 0.572. The Morgan fingerprint density at radius 2 is 1.89 bits per heavy atom. The van der Waals surface area contributed by atoms with E-state index < -0.39 is 0 Å². The number of hydrogen-bond donors (Lipinski definition) is 0. The van der Waals surface area contributed by atoms with Crippen molar-refractivity contribution < 1.29 is 4.74 Å². The van der Waals surface area contributed by atoms with E-state index in [1.807, 2.05) is 43.3 Å². The predicted molar refractivity (Wildman–Crippen MR) is 79.6 cm³/mol. The fraction of sp³-hybridized carbons (Fsp3) is 0.125. The van der Waals surface area contributed by atoms with E-state index in [1.165, 1.54) is 0 Å². The van der Waals surface area contributed by atoms with Gasteiger partial charge in [0.2, 0.25) is 0 Å². The molecule has 92 valence electrons. The van der Waals surface area contributed by atoms with Crippen molar-refractivity contribution in [3.8, 4) is 5.75 Å². The molecule has 0 saturated heterocycles. The van der Waals surface area contributed by atoms with E-state index in [0.717, 1.165) is 26.9 Å². The Kier molecular flexibility index (Phi) is 4.21. The Hall–Kier alpha value is -1.54. The molecule has 0 heterocycles. The van der Waals surface area contributed by atoms with E-state index >= 15 is 0 Å². The molecule has 0 radical (unpaired) electrons. The van der Waals surface area contributed by atoms with E-state index in [2.05, 4.69) is 34.6 Å². The number of halogens is 1. The summed E-state index contributed by atoms with van der Waals surface area (Å²) in [5, 5.41) is 0. The van der Waals surface area contributed by atoms with Gasteiger partial charge in [-0.2, -0.15) is 0 Å². The highest BCUT2D eigenvalue weighted by molar-refractivity contribution is 9.10. The largest absolute Gasteiger partial charge is 0.488 e. The molecule has 2 aromatic rings. The van der Waals surface area contributed by atoms with Gasteiger partial charge in [0.25, 0.3) is 0 Å². The zero-order chi connectivity index (χ0) is 13.0. The Morgan fingerprint density at radius 1 is 1.17 bits per heavy atom. The molecule has 0 fully saturated rings. The van der Waals surface area contributed by atoms with Crippen LogP contribution in [0.4, 0.5) is 0 Å². The zero-order valence-corrected chi connectivity index (χ0v) is 11.9. The smallest absolute Gasteiger partial charge is 0.127 e. The van der Waals surface area contributed by atoms with Gasteiger partial charge in [-0.05, 0) is 36.3 Å². The summed E-state index contributed by atoms with van der Waals surface area (Å²) in [6, 6.07) is 16.1. The van der Waals surface area contributed by atoms with Gasteiger partial charge in [-0.25, -0.2) is 0 Å². The van der Waals surface area contributed by atoms with Gasteiger partial charge in [-0.3, -0.25) is 0 Å². The Morgan fingerprint density at radius 3 is 2.56 bits per heavy atom. The van der Waals surface area contributed by atoms with Crippen molar-refractivity contribution in [3.63, 3.8) is 0 Å². The van der Waals surface area contributed by atoms with E-state index in [9.17, 15) is 0 Å². The summed E-state index contributed by atoms with van der Waals surface area (Å²) in [6.07, 6.45) is 0. The second-order valence-electron chi connectivity index (χ2n) is 4.20. The van der Waals surface area contributed by atoms with Gasteiger partial charge in [0.1, 0.15) is 12.4 Å². The molecule has 0 unspecified atom stereocenters. The van der Waals surface area contributed by atoms with Crippen LogP contribution in [-0.4, -0.2) is 0 Å². The first-order valence-corrected chi connectivity index (χ1v) is 6.58. The predicted octanol–water partition coefficient (Wildman–Crippen LogP) is 5.06. The normalized spacial score (nSPS) is 10.1. The van der Waals surface area contributed by atoms with Crippen LogP contribution in [0.2, 0.25) is 0 Å². The summed E-state index contributed by atoms with van der Waals surface area (Å²) >= 11 is 3.46. The third-order valence-electron chi connectivity index (χ3n) is 2.64. The lowest BCUT2D eigenvalue weighted by Crippen LogP contribution is -1.97. The quantitative estimate of drug-likeness (QED) is 0.767. The third-order valence-corrected chi connectivity index (χ3v) is 3.13. The highest BCUT2D eigenvalue weighted by Gasteiger charge is 2.05. The first kappa shape index (κ1) is 12.9. The summed E-state index contributed by atoms with van der Waals surface area (Å²) in [5.74, 6) is 0.870. The lowest BCUT2D eigenvalue weighted by Gasteiger charge is -2.12. The molecule has 0 aliphatic carbocycles. The van der Waals surface area contributed by atoms with Crippen LogP contribution < -0.4 is 4.74 Å². The molecule has 2 rings (SSSR count). The highest BCUT2D eigenvalue weighted by Crippen LogP contribution is 2.28. The second-order valence-corrected chi connectivity index (χ2v) is 5.11. The molecule has 2 aromatic carbocycles. The fourth-order valence-electron chi connectivity index (χ4n) is 1.70. The molecule has 18 heavy (non-hydrogen) atoms. The number of allylic oxidation sites excluding steroid dienone is 1. The van der Waals surface area contributed by atoms with Crippen LogP contribution in [0, 0.1) is 0 Å². The maximum absolute atomic E-state index is 5.86. The van der Waals surface area contributed by atoms with E-state index in [0.29, 0.717) is 6.61 Å². The first-order chi connectivity index (χ1) is 8.66. The molecule has 0 bridgehead atoms. The Bertz CT molecular complexity index is 546. The van der Waals surface area contributed by atoms with Gasteiger partial charge in [0, 0.05) is 10.0 Å². The SMILES string of the molecule is C=C(C)c1cc(Br)ccc1OCc1ccccc1. The first-order valence-electron chi connectivity index (χ1n) is 5.79. The van der Waals surface area contributed by atoms with Crippen molar-refractivity contribution >= 4 is 21.5 Å². The van der Waals surface area contributed by atoms with E-state index in [1.54, 1.807) is 0 Å². The minimum Gasteiger partial charge on any atom is -0.488 e. The molecule has 0 amide bonds. The van der Waals surface area contributed by atoms with E-state index in [-0.39, 0.29) is 0 Å². The molecule has 1 nitrogen and oxygen atoms in total. The van der Waals surface area contributed by atoms with Crippen LogP contribution in [-0.2, 0) is 6.61 Å². The minimum atomic E-state index is 0.572. The van der Waals surface area contributed by atoms with Gasteiger partial charge in [0.05, 0.1) is 0 Å². The zero-order valence-electron chi connectivity index (χ0n) is 10.3. The van der Waals surface area contributed by atoms with Crippen LogP contribution in [0.5, 0.6) is 5.75 Å². The monoisotopic (exact) mass is 302 g/mol. The summed E-state index contributed by atoms with van der Waals surface area (Å²) in [6.45, 7) is 6.54. The van der Waals surface area contributed by atoms with Gasteiger partial charge in [0.15, 0.2) is 0 Å². The van der Waals surface area contributed by atoms with Gasteiger partial charge in [-0.1, -0.05) is 52.8 Å². The second kappa shape index (κ2) is 5.87. The van der Waals surface area contributed by atoms with Crippen molar-refractivity contribution in [1.29, 1.82) is 0 Å². The van der Waals surface area contributed by atoms with Crippen molar-refractivity contribution in [1.82, 2.24) is 0 Å². The maximum atomic E-state index is 5.86. The molecule has 0 saturated carbocycles. The van der Waals surface area contributed by atoms with Crippen molar-refractivity contribution in [2.45, 2.75) is 13.5 Å². The number of ether oxygens (including phenoxy) is 1. The van der Waals surface area contributed by atoms with Crippen LogP contribution in [0.25, 0.3) is 5.57 Å². The lowest BCUT2D eigenvalue weighted by molar-refractivity contribution is 0.305. The molecule has 2 heteroatoms. The lowest BCUT2D eigenvalue weighted by atomic mass is 10.1. The summed E-state index contributed by atoms with van der Waals surface area (Å²) in [5.41, 5.74) is 3.20. The molecule has 0 aromatic heterocycles. The Balaban J connectivity index is 2.17. The van der Waals surface area contributed by atoms with Crippen LogP contribution >= 0.6 is 15.9 Å². The van der Waals surface area contributed by atoms with Crippen molar-refractivity contribution in [3.05, 3.63) is 70.7 Å². The van der Waals surface area contributed by atoms with Crippen LogP contribution in [0.3, 0.4) is 0 Å². The molecular formula is C16H15BrO. The molecular weight excluding hydrogens is 288 g/mol.